The number of thiophene rings is 1. The van der Waals surface area contributed by atoms with Gasteiger partial charge in [-0.3, -0.25) is 5.32 Å². The van der Waals surface area contributed by atoms with Gasteiger partial charge in [0.05, 0.1) is 12.8 Å². The molecular formula is C20H17N3O5S. The first-order valence-corrected chi connectivity index (χ1v) is 9.65. The second-order valence-corrected chi connectivity index (χ2v) is 7.01. The van der Waals surface area contributed by atoms with Crippen molar-refractivity contribution in [1.29, 1.82) is 0 Å². The van der Waals surface area contributed by atoms with Crippen LogP contribution in [0.15, 0.2) is 47.6 Å². The van der Waals surface area contributed by atoms with Crippen LogP contribution in [0.2, 0.25) is 0 Å². The second-order valence-electron chi connectivity index (χ2n) is 5.96. The van der Waals surface area contributed by atoms with Crippen molar-refractivity contribution in [3.8, 4) is 11.5 Å². The summed E-state index contributed by atoms with van der Waals surface area (Å²) in [5.41, 5.74) is 3.47. The molecule has 1 aliphatic rings. The Morgan fingerprint density at radius 1 is 1.21 bits per heavy atom. The van der Waals surface area contributed by atoms with Crippen LogP contribution in [0.25, 0.3) is 10.1 Å². The number of hydrogen-bond donors (Lipinski definition) is 2. The number of fused-ring (bicyclic) bond motifs is 2. The van der Waals surface area contributed by atoms with Crippen molar-refractivity contribution in [2.45, 2.75) is 6.92 Å². The monoisotopic (exact) mass is 411 g/mol. The maximum absolute atomic E-state index is 12.4. The van der Waals surface area contributed by atoms with Crippen molar-refractivity contribution in [2.75, 3.05) is 18.7 Å². The topological polar surface area (TPSA) is 98.2 Å². The van der Waals surface area contributed by atoms with E-state index in [1.807, 2.05) is 24.3 Å². The van der Waals surface area contributed by atoms with Crippen molar-refractivity contribution < 1.29 is 23.8 Å². The van der Waals surface area contributed by atoms with E-state index in [2.05, 4.69) is 15.8 Å². The van der Waals surface area contributed by atoms with E-state index in [4.69, 9.17) is 14.2 Å². The third kappa shape index (κ3) is 3.99. The van der Waals surface area contributed by atoms with Gasteiger partial charge in [-0.05, 0) is 36.8 Å². The van der Waals surface area contributed by atoms with E-state index >= 15 is 0 Å². The predicted octanol–water partition coefficient (Wildman–Crippen LogP) is 3.96. The highest BCUT2D eigenvalue weighted by atomic mass is 32.1. The Balaban J connectivity index is 1.47. The van der Waals surface area contributed by atoms with E-state index in [0.29, 0.717) is 22.1 Å². The second kappa shape index (κ2) is 8.19. The Labute approximate surface area is 170 Å². The number of anilines is 1. The number of nitrogens with zero attached hydrogens (tertiary/aromatic N) is 1. The molecular weight excluding hydrogens is 394 g/mol. The first kappa shape index (κ1) is 18.8. The summed E-state index contributed by atoms with van der Waals surface area (Å²) in [6.45, 7) is 2.17. The van der Waals surface area contributed by atoms with Gasteiger partial charge in [-0.1, -0.05) is 18.2 Å². The first-order valence-electron chi connectivity index (χ1n) is 8.84. The summed E-state index contributed by atoms with van der Waals surface area (Å²) >= 11 is 1.29. The van der Waals surface area contributed by atoms with Crippen LogP contribution in [-0.4, -0.2) is 31.6 Å². The molecule has 1 aromatic heterocycles. The molecule has 0 saturated heterocycles. The summed E-state index contributed by atoms with van der Waals surface area (Å²) in [5.74, 6) is 0.816. The van der Waals surface area contributed by atoms with Crippen LogP contribution >= 0.6 is 11.3 Å². The minimum atomic E-state index is -0.570. The molecule has 0 bridgehead atoms. The van der Waals surface area contributed by atoms with Gasteiger partial charge in [0.2, 0.25) is 6.79 Å². The Hall–Kier alpha value is -3.59. The summed E-state index contributed by atoms with van der Waals surface area (Å²) in [5, 5.41) is 7.74. The lowest BCUT2D eigenvalue weighted by molar-refractivity contribution is 0.0530. The van der Waals surface area contributed by atoms with Gasteiger partial charge in [0, 0.05) is 10.1 Å². The van der Waals surface area contributed by atoms with Crippen LogP contribution in [0.1, 0.15) is 22.8 Å². The normalized spacial score (nSPS) is 12.3. The van der Waals surface area contributed by atoms with Crippen molar-refractivity contribution in [3.63, 3.8) is 0 Å². The van der Waals surface area contributed by atoms with Crippen LogP contribution < -0.4 is 20.2 Å². The van der Waals surface area contributed by atoms with E-state index in [0.717, 1.165) is 15.6 Å². The number of carbonyl (C=O) groups is 2. The Kier molecular flexibility index (Phi) is 5.30. The van der Waals surface area contributed by atoms with Crippen molar-refractivity contribution >= 4 is 44.6 Å². The first-order chi connectivity index (χ1) is 14.2. The summed E-state index contributed by atoms with van der Waals surface area (Å²) in [4.78, 5) is 24.6. The molecule has 148 valence electrons. The molecule has 8 nitrogen and oxygen atoms in total. The molecule has 0 fully saturated rings. The van der Waals surface area contributed by atoms with Gasteiger partial charge in [0.1, 0.15) is 10.6 Å². The molecule has 0 spiro atoms. The fraction of sp³-hybridized carbons (Fsp3) is 0.150. The van der Waals surface area contributed by atoms with E-state index in [-0.39, 0.29) is 13.4 Å². The molecule has 29 heavy (non-hydrogen) atoms. The number of esters is 1. The molecule has 4 rings (SSSR count). The van der Waals surface area contributed by atoms with E-state index in [1.54, 1.807) is 25.1 Å². The lowest BCUT2D eigenvalue weighted by Gasteiger charge is -2.06. The molecule has 0 atom stereocenters. The van der Waals surface area contributed by atoms with Gasteiger partial charge < -0.3 is 14.2 Å². The molecule has 0 unspecified atom stereocenters. The predicted molar refractivity (Wildman–Crippen MR) is 110 cm³/mol. The van der Waals surface area contributed by atoms with Gasteiger partial charge in [-0.2, -0.15) is 5.10 Å². The summed E-state index contributed by atoms with van der Waals surface area (Å²) in [6.07, 6.45) is 1.48. The molecule has 3 aromatic rings. The molecule has 2 aromatic carbocycles. The van der Waals surface area contributed by atoms with Crippen LogP contribution in [0.5, 0.6) is 11.5 Å². The maximum Gasteiger partial charge on any atom is 0.341 e. The van der Waals surface area contributed by atoms with Gasteiger partial charge in [0.25, 0.3) is 0 Å². The smallest absolute Gasteiger partial charge is 0.341 e. The zero-order valence-corrected chi connectivity index (χ0v) is 16.2. The highest BCUT2D eigenvalue weighted by molar-refractivity contribution is 7.23. The summed E-state index contributed by atoms with van der Waals surface area (Å²) < 4.78 is 16.6. The van der Waals surface area contributed by atoms with Crippen LogP contribution in [0, 0.1) is 0 Å². The molecule has 2 heterocycles. The van der Waals surface area contributed by atoms with Crippen LogP contribution in [-0.2, 0) is 4.74 Å². The molecule has 1 aliphatic heterocycles. The number of hydrazone groups is 1. The van der Waals surface area contributed by atoms with Crippen molar-refractivity contribution in [2.24, 2.45) is 5.10 Å². The fourth-order valence-corrected chi connectivity index (χ4v) is 3.92. The average Bonchev–Trinajstić information content (AvgIpc) is 3.31. The number of nitrogens with one attached hydrogen (secondary N) is 2. The van der Waals surface area contributed by atoms with Gasteiger partial charge >= 0.3 is 12.0 Å². The minimum absolute atomic E-state index is 0.189. The number of ether oxygens (including phenoxy) is 3. The molecule has 9 heteroatoms. The fourth-order valence-electron chi connectivity index (χ4n) is 2.83. The number of hydrogen-bond acceptors (Lipinski definition) is 7. The number of carbonyl (C=O) groups excluding carboxylic acids is 2. The third-order valence-corrected chi connectivity index (χ3v) is 5.16. The quantitative estimate of drug-likeness (QED) is 0.376. The van der Waals surface area contributed by atoms with Crippen molar-refractivity contribution in [1.82, 2.24) is 5.43 Å². The molecule has 0 saturated carbocycles. The van der Waals surface area contributed by atoms with Gasteiger partial charge in [-0.15, -0.1) is 11.3 Å². The molecule has 0 radical (unpaired) electrons. The van der Waals surface area contributed by atoms with Crippen LogP contribution in [0.3, 0.4) is 0 Å². The number of rotatable bonds is 5. The lowest BCUT2D eigenvalue weighted by Crippen LogP contribution is -2.24. The standard InChI is InChI=1S/C20H17N3O5S/c1-2-26-19(24)17-13-5-3-4-6-16(13)29-18(17)22-20(25)23-21-10-12-7-8-14-15(9-12)28-11-27-14/h3-10H,2,11H2,1H3,(H2,22,23,25)/b21-10-. The highest BCUT2D eigenvalue weighted by Gasteiger charge is 2.21. The van der Waals surface area contributed by atoms with E-state index in [1.165, 1.54) is 17.6 Å². The zero-order valence-electron chi connectivity index (χ0n) is 15.4. The molecule has 0 aliphatic carbocycles. The Morgan fingerprint density at radius 2 is 2.03 bits per heavy atom. The van der Waals surface area contributed by atoms with Gasteiger partial charge in [-0.25, -0.2) is 15.0 Å². The Bertz CT molecular complexity index is 1110. The largest absolute Gasteiger partial charge is 0.462 e. The molecule has 2 amide bonds. The summed E-state index contributed by atoms with van der Waals surface area (Å²) in [7, 11) is 0. The van der Waals surface area contributed by atoms with Gasteiger partial charge in [0.15, 0.2) is 11.5 Å². The zero-order chi connectivity index (χ0) is 20.2. The average molecular weight is 411 g/mol. The number of amides is 2. The van der Waals surface area contributed by atoms with Crippen LogP contribution in [0.4, 0.5) is 9.80 Å². The number of urea groups is 1. The lowest BCUT2D eigenvalue weighted by atomic mass is 10.1. The minimum Gasteiger partial charge on any atom is -0.462 e. The highest BCUT2D eigenvalue weighted by Crippen LogP contribution is 2.36. The Morgan fingerprint density at radius 3 is 2.90 bits per heavy atom. The number of benzene rings is 2. The molecule has 2 N–H and O–H groups in total. The third-order valence-electron chi connectivity index (χ3n) is 4.08. The SMILES string of the molecule is CCOC(=O)c1c(NC(=O)N/N=C\c2ccc3c(c2)OCO3)sc2ccccc12. The summed E-state index contributed by atoms with van der Waals surface area (Å²) in [6, 6.07) is 12.1. The van der Waals surface area contributed by atoms with E-state index < -0.39 is 12.0 Å². The maximum atomic E-state index is 12.4. The van der Waals surface area contributed by atoms with E-state index in [9.17, 15) is 9.59 Å². The van der Waals surface area contributed by atoms with Crippen molar-refractivity contribution in [3.05, 3.63) is 53.6 Å².